The number of rotatable bonds is 3. The van der Waals surface area contributed by atoms with Crippen LogP contribution in [0.4, 0.5) is 0 Å². The van der Waals surface area contributed by atoms with E-state index in [-0.39, 0.29) is 12.6 Å². The molecule has 2 aromatic carbocycles. The molecule has 0 fully saturated rings. The Bertz CT molecular complexity index is 774. The molecule has 0 aliphatic rings. The standard InChI is InChI=1S/C17H15NO2S/c1-11-7-8-13(12(2)9-11)17(19)20-10-16-18-14-5-3-4-6-15(14)21-16/h3-9H,10H2,1-2H3. The van der Waals surface area contributed by atoms with Crippen molar-refractivity contribution in [3.05, 3.63) is 64.2 Å². The number of hydrogen-bond acceptors (Lipinski definition) is 4. The zero-order valence-corrected chi connectivity index (χ0v) is 12.7. The first-order valence-electron chi connectivity index (χ1n) is 6.72. The van der Waals surface area contributed by atoms with E-state index >= 15 is 0 Å². The minimum absolute atomic E-state index is 0.214. The second-order valence-corrected chi connectivity index (χ2v) is 6.09. The molecule has 0 N–H and O–H groups in total. The van der Waals surface area contributed by atoms with Gasteiger partial charge in [0.15, 0.2) is 0 Å². The molecule has 1 aromatic heterocycles. The van der Waals surface area contributed by atoms with Crippen molar-refractivity contribution in [1.82, 2.24) is 4.98 Å². The first kappa shape index (κ1) is 13.8. The van der Waals surface area contributed by atoms with Gasteiger partial charge in [0.2, 0.25) is 0 Å². The molecule has 3 nitrogen and oxygen atoms in total. The molecule has 0 amide bonds. The molecule has 1 heterocycles. The van der Waals surface area contributed by atoms with Crippen molar-refractivity contribution < 1.29 is 9.53 Å². The van der Waals surface area contributed by atoms with E-state index < -0.39 is 0 Å². The van der Waals surface area contributed by atoms with E-state index in [1.807, 2.05) is 56.3 Å². The summed E-state index contributed by atoms with van der Waals surface area (Å²) in [6, 6.07) is 13.6. The van der Waals surface area contributed by atoms with Crippen LogP contribution in [0.15, 0.2) is 42.5 Å². The van der Waals surface area contributed by atoms with Crippen LogP contribution in [0.1, 0.15) is 26.5 Å². The lowest BCUT2D eigenvalue weighted by Crippen LogP contribution is -2.07. The summed E-state index contributed by atoms with van der Waals surface area (Å²) >= 11 is 1.55. The molecule has 0 aliphatic carbocycles. The third-order valence-corrected chi connectivity index (χ3v) is 4.28. The quantitative estimate of drug-likeness (QED) is 0.678. The van der Waals surface area contributed by atoms with Gasteiger partial charge in [0, 0.05) is 0 Å². The van der Waals surface area contributed by atoms with Crippen molar-refractivity contribution in [3.63, 3.8) is 0 Å². The minimum Gasteiger partial charge on any atom is -0.455 e. The SMILES string of the molecule is Cc1ccc(C(=O)OCc2nc3ccccc3s2)c(C)c1. The van der Waals surface area contributed by atoms with Gasteiger partial charge in [0.1, 0.15) is 11.6 Å². The normalized spacial score (nSPS) is 10.8. The van der Waals surface area contributed by atoms with Gasteiger partial charge in [0.05, 0.1) is 15.8 Å². The largest absolute Gasteiger partial charge is 0.455 e. The smallest absolute Gasteiger partial charge is 0.338 e. The van der Waals surface area contributed by atoms with E-state index in [1.165, 1.54) is 0 Å². The summed E-state index contributed by atoms with van der Waals surface area (Å²) in [4.78, 5) is 16.6. The van der Waals surface area contributed by atoms with Crippen molar-refractivity contribution in [3.8, 4) is 0 Å². The van der Waals surface area contributed by atoms with Gasteiger partial charge in [-0.1, -0.05) is 29.8 Å². The number of aryl methyl sites for hydroxylation is 2. The lowest BCUT2D eigenvalue weighted by atomic mass is 10.1. The maximum Gasteiger partial charge on any atom is 0.338 e. The highest BCUT2D eigenvalue weighted by Gasteiger charge is 2.12. The van der Waals surface area contributed by atoms with Crippen LogP contribution in [0, 0.1) is 13.8 Å². The zero-order valence-electron chi connectivity index (χ0n) is 11.9. The number of benzene rings is 2. The number of fused-ring (bicyclic) bond motifs is 1. The molecule has 0 radical (unpaired) electrons. The van der Waals surface area contributed by atoms with Gasteiger partial charge in [-0.3, -0.25) is 0 Å². The van der Waals surface area contributed by atoms with Crippen molar-refractivity contribution in [2.24, 2.45) is 0 Å². The summed E-state index contributed by atoms with van der Waals surface area (Å²) in [7, 11) is 0. The number of ether oxygens (including phenoxy) is 1. The zero-order chi connectivity index (χ0) is 14.8. The number of hydrogen-bond donors (Lipinski definition) is 0. The van der Waals surface area contributed by atoms with E-state index in [9.17, 15) is 4.79 Å². The molecular weight excluding hydrogens is 282 g/mol. The highest BCUT2D eigenvalue weighted by Crippen LogP contribution is 2.22. The van der Waals surface area contributed by atoms with Crippen molar-refractivity contribution in [2.75, 3.05) is 0 Å². The number of nitrogens with zero attached hydrogens (tertiary/aromatic N) is 1. The molecule has 4 heteroatoms. The van der Waals surface area contributed by atoms with Crippen LogP contribution >= 0.6 is 11.3 Å². The third-order valence-electron chi connectivity index (χ3n) is 3.27. The summed E-state index contributed by atoms with van der Waals surface area (Å²) in [6.45, 7) is 4.13. The average molecular weight is 297 g/mol. The van der Waals surface area contributed by atoms with Crippen LogP contribution in [-0.4, -0.2) is 11.0 Å². The van der Waals surface area contributed by atoms with Crippen LogP contribution in [0.25, 0.3) is 10.2 Å². The van der Waals surface area contributed by atoms with E-state index in [2.05, 4.69) is 4.98 Å². The second-order valence-electron chi connectivity index (χ2n) is 4.97. The number of esters is 1. The van der Waals surface area contributed by atoms with Gasteiger partial charge in [-0.2, -0.15) is 0 Å². The number of carbonyl (C=O) groups is 1. The fourth-order valence-corrected chi connectivity index (χ4v) is 3.11. The lowest BCUT2D eigenvalue weighted by molar-refractivity contribution is 0.0472. The fourth-order valence-electron chi connectivity index (χ4n) is 2.23. The maximum atomic E-state index is 12.1. The minimum atomic E-state index is -0.299. The third kappa shape index (κ3) is 2.95. The van der Waals surface area contributed by atoms with Crippen LogP contribution in [0.2, 0.25) is 0 Å². The van der Waals surface area contributed by atoms with Gasteiger partial charge in [0.25, 0.3) is 0 Å². The predicted octanol–water partition coefficient (Wildman–Crippen LogP) is 4.27. The summed E-state index contributed by atoms with van der Waals surface area (Å²) in [5.74, 6) is -0.299. The number of carbonyl (C=O) groups excluding carboxylic acids is 1. The van der Waals surface area contributed by atoms with Crippen molar-refractivity contribution in [1.29, 1.82) is 0 Å². The Labute approximate surface area is 127 Å². The Balaban J connectivity index is 1.73. The summed E-state index contributed by atoms with van der Waals surface area (Å²) in [5.41, 5.74) is 3.63. The Morgan fingerprint density at radius 2 is 2.00 bits per heavy atom. The predicted molar refractivity (Wildman–Crippen MR) is 84.7 cm³/mol. The summed E-state index contributed by atoms with van der Waals surface area (Å²) < 4.78 is 6.48. The number of aromatic nitrogens is 1. The summed E-state index contributed by atoms with van der Waals surface area (Å²) in [6.07, 6.45) is 0. The molecule has 21 heavy (non-hydrogen) atoms. The molecule has 0 bridgehead atoms. The van der Waals surface area contributed by atoms with Crippen LogP contribution in [0.3, 0.4) is 0 Å². The Hall–Kier alpha value is -2.20. The van der Waals surface area contributed by atoms with E-state index in [1.54, 1.807) is 11.3 Å². The molecular formula is C17H15NO2S. The number of para-hydroxylation sites is 1. The first-order valence-corrected chi connectivity index (χ1v) is 7.54. The van der Waals surface area contributed by atoms with Crippen molar-refractivity contribution in [2.45, 2.75) is 20.5 Å². The van der Waals surface area contributed by atoms with Crippen molar-refractivity contribution >= 4 is 27.5 Å². The Morgan fingerprint density at radius 3 is 2.76 bits per heavy atom. The number of thiazole rings is 1. The monoisotopic (exact) mass is 297 g/mol. The molecule has 0 aliphatic heterocycles. The van der Waals surface area contributed by atoms with E-state index in [0.717, 1.165) is 26.4 Å². The topological polar surface area (TPSA) is 39.2 Å². The van der Waals surface area contributed by atoms with Crippen LogP contribution in [-0.2, 0) is 11.3 Å². The molecule has 0 atom stereocenters. The fraction of sp³-hybridized carbons (Fsp3) is 0.176. The maximum absolute atomic E-state index is 12.1. The Morgan fingerprint density at radius 1 is 1.19 bits per heavy atom. The second kappa shape index (κ2) is 5.66. The molecule has 3 rings (SSSR count). The van der Waals surface area contributed by atoms with Gasteiger partial charge in [-0.25, -0.2) is 9.78 Å². The highest BCUT2D eigenvalue weighted by atomic mass is 32.1. The van der Waals surface area contributed by atoms with Gasteiger partial charge < -0.3 is 4.74 Å². The highest BCUT2D eigenvalue weighted by molar-refractivity contribution is 7.18. The first-order chi connectivity index (χ1) is 10.1. The molecule has 0 saturated carbocycles. The average Bonchev–Trinajstić information content (AvgIpc) is 2.87. The van der Waals surface area contributed by atoms with E-state index in [0.29, 0.717) is 5.56 Å². The molecule has 0 unspecified atom stereocenters. The van der Waals surface area contributed by atoms with Gasteiger partial charge in [-0.05, 0) is 37.6 Å². The van der Waals surface area contributed by atoms with Gasteiger partial charge >= 0.3 is 5.97 Å². The molecule has 0 saturated heterocycles. The molecule has 3 aromatic rings. The van der Waals surface area contributed by atoms with E-state index in [4.69, 9.17) is 4.74 Å². The summed E-state index contributed by atoms with van der Waals surface area (Å²) in [5, 5.41) is 0.814. The molecule has 106 valence electrons. The van der Waals surface area contributed by atoms with Crippen LogP contribution in [0.5, 0.6) is 0 Å². The lowest BCUT2D eigenvalue weighted by Gasteiger charge is -2.06. The van der Waals surface area contributed by atoms with Crippen LogP contribution < -0.4 is 0 Å². The molecule has 0 spiro atoms. The Kier molecular flexibility index (Phi) is 3.71. The van der Waals surface area contributed by atoms with Gasteiger partial charge in [-0.15, -0.1) is 11.3 Å².